The van der Waals surface area contributed by atoms with Gasteiger partial charge in [-0.1, -0.05) is 27.7 Å². The Morgan fingerprint density at radius 3 is 2.16 bits per heavy atom. The first-order chi connectivity index (χ1) is 17.8. The van der Waals surface area contributed by atoms with Crippen LogP contribution >= 0.6 is 0 Å². The zero-order chi connectivity index (χ0) is 27.1. The predicted octanol–water partition coefficient (Wildman–Crippen LogP) is 3.04. The number of rotatable bonds is 12. The topological polar surface area (TPSA) is 134 Å². The van der Waals surface area contributed by atoms with Gasteiger partial charge in [0.1, 0.15) is 39.3 Å². The number of likely N-dealkylation sites (N-methyl/N-ethyl adjacent to an activating group) is 2. The largest absolute Gasteiger partial charge is 0.507 e. The van der Waals surface area contributed by atoms with E-state index in [2.05, 4.69) is 57.8 Å². The summed E-state index contributed by atoms with van der Waals surface area (Å²) in [6.45, 7) is 15.9. The lowest BCUT2D eigenvalue weighted by Gasteiger charge is -2.18. The zero-order valence-corrected chi connectivity index (χ0v) is 22.4. The Labute approximate surface area is 217 Å². The molecule has 37 heavy (non-hydrogen) atoms. The van der Waals surface area contributed by atoms with Gasteiger partial charge in [0.25, 0.3) is 5.91 Å². The molecular weight excluding hydrogens is 472 g/mol. The first kappa shape index (κ1) is 28.1. The average molecular weight is 511 g/mol. The summed E-state index contributed by atoms with van der Waals surface area (Å²) >= 11 is 0. The molecule has 0 saturated carbocycles. The zero-order valence-electron chi connectivity index (χ0n) is 22.4. The van der Waals surface area contributed by atoms with E-state index in [0.29, 0.717) is 25.2 Å². The van der Waals surface area contributed by atoms with Crippen LogP contribution in [0.4, 0.5) is 0 Å². The standard InChI is InChI=1S/C27H38N6O4/c1-6-32(7-2)14-12-28-16-19-22-24(26(36)17(5)25(19)35)31-21-18(10-11-20(34)23(21)30-22)27(37)29-13-15-33(8-3)9-4/h10-11,16,34-36H,6-9,12-15H2,1-5H3,(H,29,37)/b28-16+. The van der Waals surface area contributed by atoms with Gasteiger partial charge in [-0.3, -0.25) is 9.79 Å². The minimum atomic E-state index is -0.348. The Balaban J connectivity index is 2.05. The molecular formula is C27H38N6O4. The molecule has 0 bridgehead atoms. The molecule has 0 unspecified atom stereocenters. The molecule has 0 aliphatic carbocycles. The minimum absolute atomic E-state index is 0.101. The van der Waals surface area contributed by atoms with Crippen molar-refractivity contribution in [2.24, 2.45) is 4.99 Å². The van der Waals surface area contributed by atoms with E-state index in [1.807, 2.05) is 0 Å². The molecule has 0 aliphatic heterocycles. The van der Waals surface area contributed by atoms with Gasteiger partial charge in [-0.05, 0) is 45.2 Å². The highest BCUT2D eigenvalue weighted by atomic mass is 16.3. The SMILES string of the molecule is CCN(CC)CC/N=C/c1c(O)c(C)c(O)c2nc3c(C(=O)NCCN(CC)CC)ccc(O)c3nc12. The summed E-state index contributed by atoms with van der Waals surface area (Å²) in [6, 6.07) is 2.89. The molecule has 0 spiro atoms. The Bertz CT molecular complexity index is 1290. The molecule has 0 atom stereocenters. The van der Waals surface area contributed by atoms with E-state index >= 15 is 0 Å². The van der Waals surface area contributed by atoms with Crippen molar-refractivity contribution in [3.8, 4) is 17.2 Å². The molecule has 4 N–H and O–H groups in total. The van der Waals surface area contributed by atoms with Crippen LogP contribution in [0.2, 0.25) is 0 Å². The molecule has 0 radical (unpaired) electrons. The van der Waals surface area contributed by atoms with E-state index in [1.165, 1.54) is 18.3 Å². The molecule has 2 aromatic carbocycles. The number of phenols is 3. The Kier molecular flexibility index (Phi) is 9.60. The lowest BCUT2D eigenvalue weighted by atomic mass is 10.0. The molecule has 200 valence electrons. The van der Waals surface area contributed by atoms with Crippen LogP contribution in [0.25, 0.3) is 22.1 Å². The van der Waals surface area contributed by atoms with E-state index in [-0.39, 0.29) is 56.3 Å². The molecule has 3 rings (SSSR count). The number of aromatic nitrogens is 2. The van der Waals surface area contributed by atoms with Crippen molar-refractivity contribution in [2.75, 3.05) is 52.4 Å². The van der Waals surface area contributed by atoms with Gasteiger partial charge >= 0.3 is 0 Å². The summed E-state index contributed by atoms with van der Waals surface area (Å²) < 4.78 is 0. The number of hydrogen-bond donors (Lipinski definition) is 4. The number of carbonyl (C=O) groups excluding carboxylic acids is 1. The number of phenolic OH excluding ortho intramolecular Hbond substituents is 3. The smallest absolute Gasteiger partial charge is 0.253 e. The summed E-state index contributed by atoms with van der Waals surface area (Å²) in [4.78, 5) is 31.0. The van der Waals surface area contributed by atoms with E-state index < -0.39 is 0 Å². The molecule has 3 aromatic rings. The van der Waals surface area contributed by atoms with Gasteiger partial charge in [0.15, 0.2) is 0 Å². The average Bonchev–Trinajstić information content (AvgIpc) is 2.91. The Hall–Kier alpha value is -3.50. The molecule has 1 amide bonds. The van der Waals surface area contributed by atoms with Crippen LogP contribution in [0.5, 0.6) is 17.2 Å². The quantitative estimate of drug-likeness (QED) is 0.216. The first-order valence-corrected chi connectivity index (χ1v) is 12.9. The second-order valence-corrected chi connectivity index (χ2v) is 8.83. The minimum Gasteiger partial charge on any atom is -0.507 e. The van der Waals surface area contributed by atoms with Gasteiger partial charge in [-0.2, -0.15) is 0 Å². The van der Waals surface area contributed by atoms with Gasteiger partial charge in [-0.25, -0.2) is 9.97 Å². The third kappa shape index (κ3) is 6.08. The van der Waals surface area contributed by atoms with Crippen LogP contribution in [0, 0.1) is 6.92 Å². The molecule has 0 saturated heterocycles. The number of hydrogen-bond acceptors (Lipinski definition) is 9. The van der Waals surface area contributed by atoms with Crippen LogP contribution in [0.3, 0.4) is 0 Å². The van der Waals surface area contributed by atoms with Crippen molar-refractivity contribution in [1.29, 1.82) is 0 Å². The summed E-state index contributed by atoms with van der Waals surface area (Å²) in [6.07, 6.45) is 1.52. The van der Waals surface area contributed by atoms with Crippen molar-refractivity contribution in [3.63, 3.8) is 0 Å². The number of amides is 1. The van der Waals surface area contributed by atoms with E-state index in [9.17, 15) is 20.1 Å². The summed E-state index contributed by atoms with van der Waals surface area (Å²) in [5.74, 6) is -0.902. The summed E-state index contributed by atoms with van der Waals surface area (Å²) in [5.41, 5.74) is 1.35. The first-order valence-electron chi connectivity index (χ1n) is 12.9. The maximum Gasteiger partial charge on any atom is 0.253 e. The van der Waals surface area contributed by atoms with Crippen molar-refractivity contribution in [1.82, 2.24) is 25.1 Å². The van der Waals surface area contributed by atoms with Crippen molar-refractivity contribution in [3.05, 3.63) is 28.8 Å². The fraction of sp³-hybridized carbons (Fsp3) is 0.481. The lowest BCUT2D eigenvalue weighted by Crippen LogP contribution is -2.34. The highest BCUT2D eigenvalue weighted by Gasteiger charge is 2.22. The highest BCUT2D eigenvalue weighted by Crippen LogP contribution is 2.38. The van der Waals surface area contributed by atoms with E-state index in [1.54, 1.807) is 6.92 Å². The monoisotopic (exact) mass is 510 g/mol. The third-order valence-corrected chi connectivity index (χ3v) is 6.76. The number of carbonyl (C=O) groups is 1. The Morgan fingerprint density at radius 1 is 0.892 bits per heavy atom. The normalized spacial score (nSPS) is 12.0. The van der Waals surface area contributed by atoms with Crippen molar-refractivity contribution >= 4 is 34.2 Å². The second kappa shape index (κ2) is 12.6. The maximum absolute atomic E-state index is 13.0. The van der Waals surface area contributed by atoms with Crippen LogP contribution in [-0.2, 0) is 0 Å². The summed E-state index contributed by atoms with van der Waals surface area (Å²) in [5, 5.41) is 35.0. The van der Waals surface area contributed by atoms with Crippen molar-refractivity contribution < 1.29 is 20.1 Å². The van der Waals surface area contributed by atoms with Crippen molar-refractivity contribution in [2.45, 2.75) is 34.6 Å². The van der Waals surface area contributed by atoms with E-state index in [4.69, 9.17) is 0 Å². The number of fused-ring (bicyclic) bond motifs is 2. The summed E-state index contributed by atoms with van der Waals surface area (Å²) in [7, 11) is 0. The molecule has 0 fully saturated rings. The van der Waals surface area contributed by atoms with E-state index in [0.717, 1.165) is 32.7 Å². The number of benzene rings is 2. The highest BCUT2D eigenvalue weighted by molar-refractivity contribution is 6.10. The second-order valence-electron chi connectivity index (χ2n) is 8.83. The number of nitrogens with zero attached hydrogens (tertiary/aromatic N) is 5. The van der Waals surface area contributed by atoms with Crippen LogP contribution < -0.4 is 5.32 Å². The third-order valence-electron chi connectivity index (χ3n) is 6.76. The van der Waals surface area contributed by atoms with Gasteiger partial charge in [0.2, 0.25) is 0 Å². The molecule has 1 aromatic heterocycles. The number of aliphatic imine (C=N–C) groups is 1. The predicted molar refractivity (Wildman–Crippen MR) is 147 cm³/mol. The lowest BCUT2D eigenvalue weighted by molar-refractivity contribution is 0.0950. The fourth-order valence-corrected chi connectivity index (χ4v) is 4.24. The maximum atomic E-state index is 13.0. The Morgan fingerprint density at radius 2 is 1.51 bits per heavy atom. The molecule has 10 heteroatoms. The van der Waals surface area contributed by atoms with Gasteiger partial charge in [0.05, 0.1) is 17.7 Å². The van der Waals surface area contributed by atoms with Crippen LogP contribution in [-0.4, -0.2) is 99.6 Å². The van der Waals surface area contributed by atoms with Gasteiger partial charge < -0.3 is 30.4 Å². The molecule has 0 aliphatic rings. The fourth-order valence-electron chi connectivity index (χ4n) is 4.24. The van der Waals surface area contributed by atoms with Crippen LogP contribution in [0.15, 0.2) is 17.1 Å². The molecule has 10 nitrogen and oxygen atoms in total. The van der Waals surface area contributed by atoms with Gasteiger partial charge in [0, 0.05) is 31.4 Å². The number of aromatic hydroxyl groups is 3. The molecule has 1 heterocycles. The van der Waals surface area contributed by atoms with Crippen LogP contribution in [0.1, 0.15) is 49.2 Å². The number of nitrogens with one attached hydrogen (secondary N) is 1. The van der Waals surface area contributed by atoms with Gasteiger partial charge in [-0.15, -0.1) is 0 Å².